The number of halogens is 3. The summed E-state index contributed by atoms with van der Waals surface area (Å²) in [5.41, 5.74) is -0.787. The van der Waals surface area contributed by atoms with Gasteiger partial charge in [0.05, 0.1) is 17.7 Å². The van der Waals surface area contributed by atoms with Crippen molar-refractivity contribution in [3.8, 4) is 0 Å². The van der Waals surface area contributed by atoms with E-state index in [1.807, 2.05) is 0 Å². The number of alkyl halides is 3. The molecule has 0 spiro atoms. The minimum absolute atomic E-state index is 0.0489. The Bertz CT molecular complexity index is 602. The molecule has 1 atom stereocenters. The molecule has 2 amide bonds. The zero-order valence-electron chi connectivity index (χ0n) is 12.9. The summed E-state index contributed by atoms with van der Waals surface area (Å²) in [6.07, 6.45) is -2.42. The lowest BCUT2D eigenvalue weighted by Crippen LogP contribution is -2.46. The zero-order valence-corrected chi connectivity index (χ0v) is 12.9. The summed E-state index contributed by atoms with van der Waals surface area (Å²) in [6, 6.07) is 1.20. The minimum atomic E-state index is -4.47. The number of amides is 2. The Labute approximate surface area is 132 Å². The molecule has 1 aliphatic rings. The molecule has 0 bridgehead atoms. The summed E-state index contributed by atoms with van der Waals surface area (Å²) in [7, 11) is 3.22. The highest BCUT2D eigenvalue weighted by molar-refractivity contribution is 5.88. The Morgan fingerprint density at radius 2 is 2.09 bits per heavy atom. The lowest BCUT2D eigenvalue weighted by molar-refractivity contribution is -0.142. The molecule has 1 aromatic rings. The standard InChI is InChI=1S/C15H18F3N3O2/c1-20(2)14(23)12-4-3-7-21(12)13(22)9-11-8-10(5-6-19-11)15(16,17)18/h5-6,8,12H,3-4,7,9H2,1-2H3/t12-/m0/s1. The van der Waals surface area contributed by atoms with Crippen molar-refractivity contribution in [2.45, 2.75) is 31.5 Å². The molecule has 5 nitrogen and oxygen atoms in total. The molecule has 0 unspecified atom stereocenters. The summed E-state index contributed by atoms with van der Waals surface area (Å²) >= 11 is 0. The number of likely N-dealkylation sites (N-methyl/N-ethyl adjacent to an activating group) is 1. The topological polar surface area (TPSA) is 53.5 Å². The molecule has 2 heterocycles. The first-order valence-corrected chi connectivity index (χ1v) is 7.23. The second kappa shape index (κ2) is 6.55. The van der Waals surface area contributed by atoms with Crippen LogP contribution >= 0.6 is 0 Å². The van der Waals surface area contributed by atoms with Gasteiger partial charge in [0.25, 0.3) is 0 Å². The Morgan fingerprint density at radius 1 is 1.39 bits per heavy atom. The van der Waals surface area contributed by atoms with E-state index in [4.69, 9.17) is 0 Å². The average molecular weight is 329 g/mol. The molecule has 126 valence electrons. The van der Waals surface area contributed by atoms with E-state index < -0.39 is 17.8 Å². The second-order valence-corrected chi connectivity index (χ2v) is 5.69. The van der Waals surface area contributed by atoms with Gasteiger partial charge in [-0.25, -0.2) is 0 Å². The van der Waals surface area contributed by atoms with E-state index in [-0.39, 0.29) is 23.9 Å². The van der Waals surface area contributed by atoms with Crippen LogP contribution in [0.25, 0.3) is 0 Å². The molecule has 8 heteroatoms. The van der Waals surface area contributed by atoms with E-state index in [0.717, 1.165) is 18.3 Å². The van der Waals surface area contributed by atoms with E-state index in [2.05, 4.69) is 4.98 Å². The largest absolute Gasteiger partial charge is 0.416 e. The lowest BCUT2D eigenvalue weighted by atomic mass is 10.1. The van der Waals surface area contributed by atoms with Crippen LogP contribution in [0.15, 0.2) is 18.3 Å². The fourth-order valence-electron chi connectivity index (χ4n) is 2.63. The predicted octanol–water partition coefficient (Wildman–Crippen LogP) is 1.72. The molecule has 0 saturated carbocycles. The molecular weight excluding hydrogens is 311 g/mol. The highest BCUT2D eigenvalue weighted by Crippen LogP contribution is 2.29. The first-order chi connectivity index (χ1) is 10.7. The molecule has 1 fully saturated rings. The van der Waals surface area contributed by atoms with Crippen molar-refractivity contribution in [1.29, 1.82) is 0 Å². The Hall–Kier alpha value is -2.12. The van der Waals surface area contributed by atoms with Crippen LogP contribution < -0.4 is 0 Å². The number of likely N-dealkylation sites (tertiary alicyclic amines) is 1. The lowest BCUT2D eigenvalue weighted by Gasteiger charge is -2.26. The van der Waals surface area contributed by atoms with Gasteiger partial charge in [-0.2, -0.15) is 13.2 Å². The monoisotopic (exact) mass is 329 g/mol. The summed E-state index contributed by atoms with van der Waals surface area (Å²) in [4.78, 5) is 31.1. The van der Waals surface area contributed by atoms with Gasteiger partial charge in [0.2, 0.25) is 11.8 Å². The third-order valence-electron chi connectivity index (χ3n) is 3.78. The average Bonchev–Trinajstić information content (AvgIpc) is 2.95. The molecule has 0 aliphatic carbocycles. The SMILES string of the molecule is CN(C)C(=O)[C@@H]1CCCN1C(=O)Cc1cc(C(F)(F)F)ccn1. The van der Waals surface area contributed by atoms with E-state index in [1.165, 1.54) is 9.80 Å². The van der Waals surface area contributed by atoms with Gasteiger partial charge in [0, 0.05) is 26.8 Å². The van der Waals surface area contributed by atoms with Gasteiger partial charge in [0.1, 0.15) is 6.04 Å². The Kier molecular flexibility index (Phi) is 4.91. The fraction of sp³-hybridized carbons (Fsp3) is 0.533. The van der Waals surface area contributed by atoms with Crippen LogP contribution in [-0.2, 0) is 22.2 Å². The second-order valence-electron chi connectivity index (χ2n) is 5.69. The van der Waals surface area contributed by atoms with Crippen molar-refractivity contribution in [3.05, 3.63) is 29.6 Å². The maximum atomic E-state index is 12.7. The van der Waals surface area contributed by atoms with Crippen molar-refractivity contribution in [2.24, 2.45) is 0 Å². The quantitative estimate of drug-likeness (QED) is 0.848. The smallest absolute Gasteiger partial charge is 0.347 e. The minimum Gasteiger partial charge on any atom is -0.347 e. The van der Waals surface area contributed by atoms with Gasteiger partial charge < -0.3 is 9.80 Å². The molecule has 0 N–H and O–H groups in total. The number of hydrogen-bond acceptors (Lipinski definition) is 3. The van der Waals surface area contributed by atoms with Gasteiger partial charge >= 0.3 is 6.18 Å². The maximum Gasteiger partial charge on any atom is 0.416 e. The van der Waals surface area contributed by atoms with Gasteiger partial charge in [-0.1, -0.05) is 0 Å². The summed E-state index contributed by atoms with van der Waals surface area (Å²) in [5, 5.41) is 0. The van der Waals surface area contributed by atoms with Gasteiger partial charge in [0.15, 0.2) is 0 Å². The number of rotatable bonds is 3. The highest BCUT2D eigenvalue weighted by Gasteiger charge is 2.35. The Balaban J connectivity index is 2.11. The predicted molar refractivity (Wildman–Crippen MR) is 76.4 cm³/mol. The van der Waals surface area contributed by atoms with E-state index in [1.54, 1.807) is 14.1 Å². The van der Waals surface area contributed by atoms with Gasteiger partial charge in [-0.15, -0.1) is 0 Å². The zero-order chi connectivity index (χ0) is 17.2. The van der Waals surface area contributed by atoms with Gasteiger partial charge in [-0.3, -0.25) is 14.6 Å². The van der Waals surface area contributed by atoms with Gasteiger partial charge in [-0.05, 0) is 25.0 Å². The molecule has 1 aromatic heterocycles. The molecular formula is C15H18F3N3O2. The summed E-state index contributed by atoms with van der Waals surface area (Å²) < 4.78 is 38.1. The van der Waals surface area contributed by atoms with Crippen molar-refractivity contribution >= 4 is 11.8 Å². The maximum absolute atomic E-state index is 12.7. The van der Waals surface area contributed by atoms with Crippen molar-refractivity contribution in [1.82, 2.24) is 14.8 Å². The molecule has 1 aliphatic heterocycles. The third-order valence-corrected chi connectivity index (χ3v) is 3.78. The number of carbonyl (C=O) groups excluding carboxylic acids is 2. The van der Waals surface area contributed by atoms with E-state index in [9.17, 15) is 22.8 Å². The summed E-state index contributed by atoms with van der Waals surface area (Å²) in [6.45, 7) is 0.433. The summed E-state index contributed by atoms with van der Waals surface area (Å²) in [5.74, 6) is -0.553. The van der Waals surface area contributed by atoms with Crippen LogP contribution in [0.2, 0.25) is 0 Å². The van der Waals surface area contributed by atoms with Crippen LogP contribution in [0.5, 0.6) is 0 Å². The van der Waals surface area contributed by atoms with Crippen molar-refractivity contribution < 1.29 is 22.8 Å². The molecule has 0 aromatic carbocycles. The van der Waals surface area contributed by atoms with Crippen LogP contribution in [-0.4, -0.2) is 53.3 Å². The van der Waals surface area contributed by atoms with Crippen molar-refractivity contribution in [2.75, 3.05) is 20.6 Å². The van der Waals surface area contributed by atoms with Crippen LogP contribution in [0.1, 0.15) is 24.1 Å². The number of carbonyl (C=O) groups is 2. The number of aromatic nitrogens is 1. The van der Waals surface area contributed by atoms with E-state index in [0.29, 0.717) is 19.4 Å². The normalized spacial score (nSPS) is 18.1. The third kappa shape index (κ3) is 4.00. The highest BCUT2D eigenvalue weighted by atomic mass is 19.4. The first kappa shape index (κ1) is 17.2. The van der Waals surface area contributed by atoms with E-state index >= 15 is 0 Å². The molecule has 1 saturated heterocycles. The van der Waals surface area contributed by atoms with Crippen LogP contribution in [0, 0.1) is 0 Å². The van der Waals surface area contributed by atoms with Crippen molar-refractivity contribution in [3.63, 3.8) is 0 Å². The number of hydrogen-bond donors (Lipinski definition) is 0. The number of nitrogens with zero attached hydrogens (tertiary/aromatic N) is 3. The van der Waals surface area contributed by atoms with Crippen LogP contribution in [0.3, 0.4) is 0 Å². The first-order valence-electron chi connectivity index (χ1n) is 7.23. The molecule has 2 rings (SSSR count). The molecule has 0 radical (unpaired) electrons. The number of pyridine rings is 1. The van der Waals surface area contributed by atoms with Crippen LogP contribution in [0.4, 0.5) is 13.2 Å². The fourth-order valence-corrected chi connectivity index (χ4v) is 2.63. The Morgan fingerprint density at radius 3 is 2.70 bits per heavy atom. The molecule has 23 heavy (non-hydrogen) atoms.